The van der Waals surface area contributed by atoms with Gasteiger partial charge in [-0.05, 0) is 24.8 Å². The van der Waals surface area contributed by atoms with Gasteiger partial charge in [-0.25, -0.2) is 5.53 Å². The molecular formula is C7H11N3. The van der Waals surface area contributed by atoms with Crippen LogP contribution < -0.4 is 0 Å². The summed E-state index contributed by atoms with van der Waals surface area (Å²) in [6.45, 7) is 0. The first-order valence-corrected chi connectivity index (χ1v) is 3.40. The lowest BCUT2D eigenvalue weighted by Gasteiger charge is -1.90. The Balaban J connectivity index is 2.77. The van der Waals surface area contributed by atoms with E-state index in [0.717, 1.165) is 30.5 Å². The molecule has 10 heavy (non-hydrogen) atoms. The molecule has 0 fully saturated rings. The van der Waals surface area contributed by atoms with Gasteiger partial charge < -0.3 is 0 Å². The van der Waals surface area contributed by atoms with Crippen molar-refractivity contribution in [1.29, 1.82) is 5.53 Å². The van der Waals surface area contributed by atoms with Gasteiger partial charge in [-0.15, -0.1) is 0 Å². The van der Waals surface area contributed by atoms with E-state index in [1.807, 2.05) is 0 Å². The summed E-state index contributed by atoms with van der Waals surface area (Å²) >= 11 is 0. The van der Waals surface area contributed by atoms with Crippen molar-refractivity contribution in [2.45, 2.75) is 19.3 Å². The van der Waals surface area contributed by atoms with Gasteiger partial charge in [0, 0.05) is 13.3 Å². The first-order valence-electron chi connectivity index (χ1n) is 3.40. The lowest BCUT2D eigenvalue weighted by atomic mass is 10.2. The molecule has 1 N–H and O–H groups in total. The van der Waals surface area contributed by atoms with Crippen LogP contribution in [0.3, 0.4) is 0 Å². The van der Waals surface area contributed by atoms with Gasteiger partial charge in [0.1, 0.15) is 0 Å². The number of nitrogens with zero attached hydrogens (tertiary/aromatic N) is 2. The van der Waals surface area contributed by atoms with Crippen LogP contribution in [0.5, 0.6) is 0 Å². The fourth-order valence-corrected chi connectivity index (χ4v) is 1.17. The standard InChI is InChI=1S/C7H11N3/c1-9-5-6-3-2-4-7(6)10-8/h5,8H,2-4H2,1H3. The van der Waals surface area contributed by atoms with Crippen LogP contribution in [-0.4, -0.2) is 13.3 Å². The average molecular weight is 137 g/mol. The minimum absolute atomic E-state index is 0.908. The summed E-state index contributed by atoms with van der Waals surface area (Å²) in [5.74, 6) is 0. The molecule has 0 aromatic heterocycles. The van der Waals surface area contributed by atoms with Crippen LogP contribution in [0, 0.1) is 5.53 Å². The molecule has 54 valence electrons. The molecule has 0 saturated carbocycles. The van der Waals surface area contributed by atoms with Gasteiger partial charge in [0.05, 0.1) is 5.70 Å². The zero-order valence-electron chi connectivity index (χ0n) is 6.09. The Morgan fingerprint density at radius 2 is 2.30 bits per heavy atom. The molecule has 0 bridgehead atoms. The highest BCUT2D eigenvalue weighted by Crippen LogP contribution is 2.24. The third-order valence-electron chi connectivity index (χ3n) is 1.65. The lowest BCUT2D eigenvalue weighted by molar-refractivity contribution is 0.875. The lowest BCUT2D eigenvalue weighted by Crippen LogP contribution is -1.81. The third-order valence-corrected chi connectivity index (χ3v) is 1.65. The van der Waals surface area contributed by atoms with Crippen LogP contribution in [-0.2, 0) is 0 Å². The van der Waals surface area contributed by atoms with Crippen LogP contribution in [0.1, 0.15) is 19.3 Å². The molecule has 0 heterocycles. The summed E-state index contributed by atoms with van der Waals surface area (Å²) in [6, 6.07) is 0. The molecule has 0 radical (unpaired) electrons. The molecule has 0 unspecified atom stereocenters. The Kier molecular flexibility index (Phi) is 2.31. The Morgan fingerprint density at radius 1 is 1.50 bits per heavy atom. The summed E-state index contributed by atoms with van der Waals surface area (Å²) < 4.78 is 0. The van der Waals surface area contributed by atoms with Gasteiger partial charge >= 0.3 is 0 Å². The summed E-state index contributed by atoms with van der Waals surface area (Å²) in [7, 11) is 1.74. The highest BCUT2D eigenvalue weighted by Gasteiger charge is 2.11. The Labute approximate surface area is 60.4 Å². The van der Waals surface area contributed by atoms with Gasteiger partial charge in [-0.2, -0.15) is 5.11 Å². The average Bonchev–Trinajstić information content (AvgIpc) is 2.36. The van der Waals surface area contributed by atoms with E-state index in [1.54, 1.807) is 13.3 Å². The van der Waals surface area contributed by atoms with E-state index in [9.17, 15) is 0 Å². The molecule has 1 aliphatic carbocycles. The van der Waals surface area contributed by atoms with E-state index in [4.69, 9.17) is 5.53 Å². The van der Waals surface area contributed by atoms with Gasteiger partial charge in [0.15, 0.2) is 0 Å². The van der Waals surface area contributed by atoms with Crippen molar-refractivity contribution in [3.8, 4) is 0 Å². The third kappa shape index (κ3) is 1.29. The molecule has 0 aromatic carbocycles. The van der Waals surface area contributed by atoms with Crippen LogP contribution in [0.2, 0.25) is 0 Å². The van der Waals surface area contributed by atoms with Gasteiger partial charge in [-0.1, -0.05) is 0 Å². The largest absolute Gasteiger partial charge is 0.296 e. The number of aliphatic imine (C=N–C) groups is 1. The van der Waals surface area contributed by atoms with Crippen molar-refractivity contribution < 1.29 is 0 Å². The van der Waals surface area contributed by atoms with Crippen molar-refractivity contribution in [3.63, 3.8) is 0 Å². The molecule has 0 atom stereocenters. The summed E-state index contributed by atoms with van der Waals surface area (Å²) in [4.78, 5) is 3.89. The van der Waals surface area contributed by atoms with Crippen LogP contribution in [0.25, 0.3) is 0 Å². The zero-order valence-corrected chi connectivity index (χ0v) is 6.09. The number of allylic oxidation sites excluding steroid dienone is 2. The highest BCUT2D eigenvalue weighted by atomic mass is 15.0. The molecule has 3 heteroatoms. The molecule has 3 nitrogen and oxygen atoms in total. The Hall–Kier alpha value is -0.990. The van der Waals surface area contributed by atoms with Crippen LogP contribution >= 0.6 is 0 Å². The molecule has 0 spiro atoms. The fourth-order valence-electron chi connectivity index (χ4n) is 1.17. The maximum atomic E-state index is 6.81. The van der Waals surface area contributed by atoms with E-state index in [0.29, 0.717) is 0 Å². The normalized spacial score (nSPS) is 18.9. The first-order chi connectivity index (χ1) is 4.88. The van der Waals surface area contributed by atoms with Gasteiger partial charge in [-0.3, -0.25) is 4.99 Å². The summed E-state index contributed by atoms with van der Waals surface area (Å²) in [5, 5.41) is 3.43. The molecule has 0 saturated heterocycles. The number of rotatable bonds is 2. The maximum absolute atomic E-state index is 6.81. The van der Waals surface area contributed by atoms with Gasteiger partial charge in [0.25, 0.3) is 0 Å². The maximum Gasteiger partial charge on any atom is 0.0670 e. The fraction of sp³-hybridized carbons (Fsp3) is 0.571. The van der Waals surface area contributed by atoms with Crippen LogP contribution in [0.4, 0.5) is 0 Å². The van der Waals surface area contributed by atoms with Crippen LogP contribution in [0.15, 0.2) is 21.4 Å². The topological polar surface area (TPSA) is 48.6 Å². The molecule has 0 amide bonds. The second-order valence-electron chi connectivity index (χ2n) is 2.32. The predicted octanol–water partition coefficient (Wildman–Crippen LogP) is 2.16. The van der Waals surface area contributed by atoms with E-state index >= 15 is 0 Å². The van der Waals surface area contributed by atoms with E-state index in [1.165, 1.54) is 0 Å². The molecule has 1 aliphatic rings. The number of nitrogens with one attached hydrogen (secondary N) is 1. The van der Waals surface area contributed by atoms with E-state index in [2.05, 4.69) is 10.1 Å². The molecule has 0 aromatic rings. The van der Waals surface area contributed by atoms with Crippen molar-refractivity contribution in [2.24, 2.45) is 10.1 Å². The molecular weight excluding hydrogens is 126 g/mol. The zero-order chi connectivity index (χ0) is 7.40. The van der Waals surface area contributed by atoms with Crippen molar-refractivity contribution in [3.05, 3.63) is 11.3 Å². The Morgan fingerprint density at radius 3 is 2.90 bits per heavy atom. The monoisotopic (exact) mass is 137 g/mol. The quantitative estimate of drug-likeness (QED) is 0.448. The van der Waals surface area contributed by atoms with E-state index in [-0.39, 0.29) is 0 Å². The van der Waals surface area contributed by atoms with Crippen molar-refractivity contribution in [2.75, 3.05) is 7.05 Å². The number of hydrogen-bond donors (Lipinski definition) is 1. The second-order valence-corrected chi connectivity index (χ2v) is 2.32. The van der Waals surface area contributed by atoms with E-state index < -0.39 is 0 Å². The van der Waals surface area contributed by atoms with Crippen molar-refractivity contribution >= 4 is 6.21 Å². The number of hydrogen-bond acceptors (Lipinski definition) is 3. The summed E-state index contributed by atoms with van der Waals surface area (Å²) in [6.07, 6.45) is 4.92. The smallest absolute Gasteiger partial charge is 0.0670 e. The van der Waals surface area contributed by atoms with Gasteiger partial charge in [0.2, 0.25) is 0 Å². The predicted molar refractivity (Wildman–Crippen MR) is 40.4 cm³/mol. The minimum Gasteiger partial charge on any atom is -0.296 e. The van der Waals surface area contributed by atoms with Crippen molar-refractivity contribution in [1.82, 2.24) is 0 Å². The minimum atomic E-state index is 0.908. The summed E-state index contributed by atoms with van der Waals surface area (Å²) in [5.41, 5.74) is 8.86. The molecule has 1 rings (SSSR count). The SMILES string of the molecule is CN=CC1=C(N=N)CCC1. The Bertz CT molecular complexity index is 191. The second kappa shape index (κ2) is 3.25. The first kappa shape index (κ1) is 7.12. The highest BCUT2D eigenvalue weighted by molar-refractivity contribution is 5.80. The molecule has 0 aliphatic heterocycles.